The van der Waals surface area contributed by atoms with E-state index in [0.717, 1.165) is 5.56 Å². The van der Waals surface area contributed by atoms with Crippen LogP contribution in [0.3, 0.4) is 0 Å². The highest BCUT2D eigenvalue weighted by atomic mass is 16.4. The van der Waals surface area contributed by atoms with Gasteiger partial charge in [-0.25, -0.2) is 0 Å². The number of piperidine rings is 1. The number of carbonyl (C=O) groups is 1. The lowest BCUT2D eigenvalue weighted by Crippen LogP contribution is -2.38. The smallest absolute Gasteiger partial charge is 0.235 e. The van der Waals surface area contributed by atoms with Gasteiger partial charge < -0.3 is 15.1 Å². The lowest BCUT2D eigenvalue weighted by atomic mass is 9.96. The van der Waals surface area contributed by atoms with Crippen molar-refractivity contribution in [2.75, 3.05) is 18.0 Å². The van der Waals surface area contributed by atoms with Gasteiger partial charge in [-0.3, -0.25) is 4.79 Å². The van der Waals surface area contributed by atoms with Gasteiger partial charge in [0.2, 0.25) is 23.4 Å². The molecule has 0 spiro atoms. The lowest BCUT2D eigenvalue weighted by molar-refractivity contribution is -0.122. The Balaban J connectivity index is 1.75. The first kappa shape index (κ1) is 15.8. The van der Waals surface area contributed by atoms with Gasteiger partial charge in [-0.05, 0) is 24.5 Å². The van der Waals surface area contributed by atoms with Gasteiger partial charge in [0.15, 0.2) is 0 Å². The van der Waals surface area contributed by atoms with E-state index in [9.17, 15) is 10.1 Å². The second kappa shape index (κ2) is 7.01. The summed E-state index contributed by atoms with van der Waals surface area (Å²) in [5.41, 5.74) is 6.64. The molecule has 1 aliphatic heterocycles. The molecule has 0 unspecified atom stereocenters. The zero-order valence-electron chi connectivity index (χ0n) is 13.2. The first-order valence-corrected chi connectivity index (χ1v) is 7.85. The van der Waals surface area contributed by atoms with Crippen molar-refractivity contribution in [2.24, 2.45) is 11.7 Å². The summed E-state index contributed by atoms with van der Waals surface area (Å²) in [6.07, 6.45) is 4.96. The van der Waals surface area contributed by atoms with Crippen LogP contribution in [0.2, 0.25) is 0 Å². The van der Waals surface area contributed by atoms with E-state index in [1.165, 1.54) is 0 Å². The van der Waals surface area contributed by atoms with Gasteiger partial charge in [0.05, 0.1) is 0 Å². The fourth-order valence-corrected chi connectivity index (χ4v) is 2.79. The average Bonchev–Trinajstić information content (AvgIpc) is 3.04. The Morgan fingerprint density at radius 3 is 2.62 bits per heavy atom. The van der Waals surface area contributed by atoms with Gasteiger partial charge in [-0.15, -0.1) is 0 Å². The summed E-state index contributed by atoms with van der Waals surface area (Å²) in [6, 6.07) is 11.9. The van der Waals surface area contributed by atoms with E-state index in [2.05, 4.69) is 11.1 Å². The highest BCUT2D eigenvalue weighted by Gasteiger charge is 2.27. The average molecular weight is 322 g/mol. The Labute approximate surface area is 140 Å². The third-order valence-electron chi connectivity index (χ3n) is 4.13. The minimum atomic E-state index is -0.265. The standard InChI is InChI=1S/C18H18N4O2/c19-12-15-18(22-10-8-14(9-11-22)17(20)23)24-16(21-15)7-6-13-4-2-1-3-5-13/h1-7,14H,8-11H2,(H2,20,23)/b7-6+. The Kier molecular flexibility index (Phi) is 4.62. The number of nitriles is 1. The number of oxazole rings is 1. The van der Waals surface area contributed by atoms with E-state index in [-0.39, 0.29) is 17.5 Å². The third-order valence-corrected chi connectivity index (χ3v) is 4.13. The van der Waals surface area contributed by atoms with E-state index in [0.29, 0.717) is 37.7 Å². The van der Waals surface area contributed by atoms with Crippen molar-refractivity contribution in [2.45, 2.75) is 12.8 Å². The van der Waals surface area contributed by atoms with Crippen molar-refractivity contribution < 1.29 is 9.21 Å². The first-order chi connectivity index (χ1) is 11.7. The number of rotatable bonds is 4. The van der Waals surface area contributed by atoms with Crippen LogP contribution in [0.25, 0.3) is 12.2 Å². The Hall–Kier alpha value is -3.07. The van der Waals surface area contributed by atoms with Crippen LogP contribution in [0.4, 0.5) is 5.88 Å². The van der Waals surface area contributed by atoms with Crippen LogP contribution in [0.5, 0.6) is 0 Å². The highest BCUT2D eigenvalue weighted by Crippen LogP contribution is 2.27. The SMILES string of the molecule is N#Cc1nc(/C=C/c2ccccc2)oc1N1CCC(C(N)=O)CC1. The van der Waals surface area contributed by atoms with Crippen LogP contribution in [0, 0.1) is 17.2 Å². The molecule has 0 radical (unpaired) electrons. The summed E-state index contributed by atoms with van der Waals surface area (Å²) < 4.78 is 5.75. The van der Waals surface area contributed by atoms with Crippen LogP contribution < -0.4 is 10.6 Å². The largest absolute Gasteiger partial charge is 0.420 e. The molecule has 1 aromatic carbocycles. The summed E-state index contributed by atoms with van der Waals surface area (Å²) >= 11 is 0. The monoisotopic (exact) mass is 322 g/mol. The van der Waals surface area contributed by atoms with Crippen molar-refractivity contribution in [1.82, 2.24) is 4.98 Å². The topological polar surface area (TPSA) is 96.2 Å². The van der Waals surface area contributed by atoms with E-state index < -0.39 is 0 Å². The first-order valence-electron chi connectivity index (χ1n) is 7.85. The van der Waals surface area contributed by atoms with Crippen LogP contribution >= 0.6 is 0 Å². The van der Waals surface area contributed by atoms with Gasteiger partial charge in [0, 0.05) is 25.1 Å². The number of hydrogen-bond donors (Lipinski definition) is 1. The zero-order chi connectivity index (χ0) is 16.9. The number of carbonyl (C=O) groups excluding carboxylic acids is 1. The minimum absolute atomic E-state index is 0.104. The molecule has 0 bridgehead atoms. The third kappa shape index (κ3) is 3.46. The van der Waals surface area contributed by atoms with E-state index >= 15 is 0 Å². The molecule has 6 nitrogen and oxygen atoms in total. The van der Waals surface area contributed by atoms with Gasteiger partial charge in [0.1, 0.15) is 6.07 Å². The molecule has 1 fully saturated rings. The van der Waals surface area contributed by atoms with Gasteiger partial charge in [-0.1, -0.05) is 30.3 Å². The van der Waals surface area contributed by atoms with Gasteiger partial charge in [0.25, 0.3) is 0 Å². The molecule has 1 aliphatic rings. The molecule has 3 rings (SSSR count). The van der Waals surface area contributed by atoms with Gasteiger partial charge >= 0.3 is 0 Å². The summed E-state index contributed by atoms with van der Waals surface area (Å²) in [6.45, 7) is 1.25. The van der Waals surface area contributed by atoms with Crippen LogP contribution in [0.1, 0.15) is 30.0 Å². The number of benzene rings is 1. The molecule has 2 heterocycles. The van der Waals surface area contributed by atoms with Crippen molar-refractivity contribution >= 4 is 23.9 Å². The summed E-state index contributed by atoms with van der Waals surface area (Å²) in [5, 5.41) is 9.29. The fourth-order valence-electron chi connectivity index (χ4n) is 2.79. The molecule has 1 aromatic heterocycles. The maximum Gasteiger partial charge on any atom is 0.235 e. The second-order valence-electron chi connectivity index (χ2n) is 5.73. The molecule has 24 heavy (non-hydrogen) atoms. The number of anilines is 1. The van der Waals surface area contributed by atoms with Crippen molar-refractivity contribution in [1.29, 1.82) is 5.26 Å². The molecule has 1 amide bonds. The van der Waals surface area contributed by atoms with E-state index in [4.69, 9.17) is 10.2 Å². The number of nitrogens with zero attached hydrogens (tertiary/aromatic N) is 3. The quantitative estimate of drug-likeness (QED) is 0.932. The number of hydrogen-bond acceptors (Lipinski definition) is 5. The normalized spacial score (nSPS) is 15.5. The highest BCUT2D eigenvalue weighted by molar-refractivity contribution is 5.77. The summed E-state index contributed by atoms with van der Waals surface area (Å²) in [5.74, 6) is 0.488. The van der Waals surface area contributed by atoms with Crippen LogP contribution in [-0.2, 0) is 4.79 Å². The predicted octanol–water partition coefficient (Wildman–Crippen LogP) is 2.42. The predicted molar refractivity (Wildman–Crippen MR) is 90.7 cm³/mol. The number of nitrogens with two attached hydrogens (primary N) is 1. The van der Waals surface area contributed by atoms with Gasteiger partial charge in [-0.2, -0.15) is 10.2 Å². The molecular weight excluding hydrogens is 304 g/mol. The lowest BCUT2D eigenvalue weighted by Gasteiger charge is -2.30. The number of primary amides is 1. The Morgan fingerprint density at radius 1 is 1.29 bits per heavy atom. The van der Waals surface area contributed by atoms with Crippen LogP contribution in [-0.4, -0.2) is 24.0 Å². The van der Waals surface area contributed by atoms with E-state index in [1.807, 2.05) is 41.3 Å². The molecule has 2 N–H and O–H groups in total. The molecule has 0 saturated carbocycles. The fraction of sp³-hybridized carbons (Fsp3) is 0.278. The Morgan fingerprint density at radius 2 is 2.00 bits per heavy atom. The number of aromatic nitrogens is 1. The minimum Gasteiger partial charge on any atom is -0.420 e. The maximum absolute atomic E-state index is 11.3. The second-order valence-corrected chi connectivity index (χ2v) is 5.73. The van der Waals surface area contributed by atoms with Crippen molar-refractivity contribution in [3.63, 3.8) is 0 Å². The van der Waals surface area contributed by atoms with Crippen molar-refractivity contribution in [3.8, 4) is 6.07 Å². The van der Waals surface area contributed by atoms with Crippen LogP contribution in [0.15, 0.2) is 34.7 Å². The Bertz CT molecular complexity index is 781. The molecule has 1 saturated heterocycles. The molecule has 122 valence electrons. The summed E-state index contributed by atoms with van der Waals surface area (Å²) in [7, 11) is 0. The molecule has 0 atom stereocenters. The molecule has 0 aliphatic carbocycles. The molecular formula is C18H18N4O2. The number of amides is 1. The van der Waals surface area contributed by atoms with E-state index in [1.54, 1.807) is 6.08 Å². The van der Waals surface area contributed by atoms with Crippen molar-refractivity contribution in [3.05, 3.63) is 47.5 Å². The molecule has 6 heteroatoms. The summed E-state index contributed by atoms with van der Waals surface area (Å²) in [4.78, 5) is 17.4. The zero-order valence-corrected chi connectivity index (χ0v) is 13.2. The maximum atomic E-state index is 11.3. The molecule has 2 aromatic rings.